The van der Waals surface area contributed by atoms with Gasteiger partial charge >= 0.3 is 0 Å². The Morgan fingerprint density at radius 2 is 1.85 bits per heavy atom. The average molecular weight is 191 g/mol. The minimum Gasteiger partial charge on any atom is -0.394 e. The molecule has 0 radical (unpaired) electrons. The van der Waals surface area contributed by atoms with E-state index in [-0.39, 0.29) is 13.2 Å². The summed E-state index contributed by atoms with van der Waals surface area (Å²) in [4.78, 5) is 0. The van der Waals surface area contributed by atoms with Gasteiger partial charge in [0.15, 0.2) is 0 Å². The molecule has 4 nitrogen and oxygen atoms in total. The molecule has 0 heterocycles. The molecule has 0 aliphatic rings. The lowest BCUT2D eigenvalue weighted by Gasteiger charge is -2.26. The molecule has 0 bridgehead atoms. The maximum Gasteiger partial charge on any atom is 0.0633 e. The van der Waals surface area contributed by atoms with Crippen LogP contribution < -0.4 is 5.32 Å². The first-order valence-electron chi connectivity index (χ1n) is 4.64. The summed E-state index contributed by atoms with van der Waals surface area (Å²) in [5.74, 6) is 0. The van der Waals surface area contributed by atoms with Crippen molar-refractivity contribution in [3.05, 3.63) is 0 Å². The molecule has 0 saturated heterocycles. The summed E-state index contributed by atoms with van der Waals surface area (Å²) in [7, 11) is 1.68. The Kier molecular flexibility index (Phi) is 7.17. The molecule has 0 saturated carbocycles. The zero-order valence-electron chi connectivity index (χ0n) is 8.55. The van der Waals surface area contributed by atoms with Crippen LogP contribution in [0.15, 0.2) is 0 Å². The van der Waals surface area contributed by atoms with Gasteiger partial charge in [-0.05, 0) is 26.3 Å². The van der Waals surface area contributed by atoms with Crippen LogP contribution in [0.3, 0.4) is 0 Å². The summed E-state index contributed by atoms with van der Waals surface area (Å²) >= 11 is 0. The van der Waals surface area contributed by atoms with Crippen LogP contribution in [0.2, 0.25) is 0 Å². The third kappa shape index (κ3) is 5.99. The first-order chi connectivity index (χ1) is 6.18. The third-order valence-electron chi connectivity index (χ3n) is 2.02. The van der Waals surface area contributed by atoms with E-state index in [2.05, 4.69) is 5.32 Å². The highest BCUT2D eigenvalue weighted by molar-refractivity contribution is 4.80. The van der Waals surface area contributed by atoms with E-state index >= 15 is 0 Å². The fraction of sp³-hybridized carbons (Fsp3) is 1.00. The lowest BCUT2D eigenvalue weighted by atomic mass is 10.1. The third-order valence-corrected chi connectivity index (χ3v) is 2.02. The van der Waals surface area contributed by atoms with Crippen LogP contribution >= 0.6 is 0 Å². The van der Waals surface area contributed by atoms with Gasteiger partial charge in [0.25, 0.3) is 0 Å². The molecule has 0 atom stereocenters. The molecule has 0 aliphatic carbocycles. The maximum atomic E-state index is 8.94. The number of unbranched alkanes of at least 4 members (excludes halogenated alkanes) is 1. The first-order valence-corrected chi connectivity index (χ1v) is 4.64. The van der Waals surface area contributed by atoms with Crippen molar-refractivity contribution in [2.75, 3.05) is 33.5 Å². The molecule has 0 aliphatic heterocycles. The van der Waals surface area contributed by atoms with Gasteiger partial charge in [-0.1, -0.05) is 0 Å². The molecular formula is C9H21NO3. The topological polar surface area (TPSA) is 61.7 Å². The molecule has 0 aromatic carbocycles. The van der Waals surface area contributed by atoms with E-state index < -0.39 is 5.54 Å². The van der Waals surface area contributed by atoms with Crippen LogP contribution in [0.4, 0.5) is 0 Å². The molecule has 0 amide bonds. The molecule has 0 unspecified atom stereocenters. The van der Waals surface area contributed by atoms with Crippen LogP contribution in [-0.4, -0.2) is 49.2 Å². The maximum absolute atomic E-state index is 8.94. The van der Waals surface area contributed by atoms with E-state index in [0.29, 0.717) is 0 Å². The van der Waals surface area contributed by atoms with E-state index in [9.17, 15) is 0 Å². The lowest BCUT2D eigenvalue weighted by Crippen LogP contribution is -2.49. The molecule has 3 N–H and O–H groups in total. The van der Waals surface area contributed by atoms with Gasteiger partial charge in [0.05, 0.1) is 18.8 Å². The summed E-state index contributed by atoms with van der Waals surface area (Å²) in [6.07, 6.45) is 1.99. The predicted molar refractivity (Wildman–Crippen MR) is 51.7 cm³/mol. The highest BCUT2D eigenvalue weighted by atomic mass is 16.5. The molecular weight excluding hydrogens is 170 g/mol. The monoisotopic (exact) mass is 191 g/mol. The predicted octanol–water partition coefficient (Wildman–Crippen LogP) is -0.254. The Labute approximate surface area is 79.9 Å². The summed E-state index contributed by atoms with van der Waals surface area (Å²) < 4.78 is 4.90. The van der Waals surface area contributed by atoms with Crippen molar-refractivity contribution in [2.24, 2.45) is 0 Å². The van der Waals surface area contributed by atoms with E-state index in [4.69, 9.17) is 14.9 Å². The lowest BCUT2D eigenvalue weighted by molar-refractivity contribution is 0.103. The van der Waals surface area contributed by atoms with Crippen molar-refractivity contribution >= 4 is 0 Å². The Bertz CT molecular complexity index is 115. The Morgan fingerprint density at radius 3 is 2.31 bits per heavy atom. The van der Waals surface area contributed by atoms with Crippen LogP contribution in [0.25, 0.3) is 0 Å². The van der Waals surface area contributed by atoms with Crippen molar-refractivity contribution in [2.45, 2.75) is 25.3 Å². The SMILES string of the molecule is COCCCCNC(C)(CO)CO. The van der Waals surface area contributed by atoms with Crippen LogP contribution in [0.5, 0.6) is 0 Å². The van der Waals surface area contributed by atoms with Crippen LogP contribution in [-0.2, 0) is 4.74 Å². The average Bonchev–Trinajstić information content (AvgIpc) is 2.17. The normalized spacial score (nSPS) is 12.0. The van der Waals surface area contributed by atoms with E-state index in [1.807, 2.05) is 0 Å². The van der Waals surface area contributed by atoms with Gasteiger partial charge in [0.2, 0.25) is 0 Å². The number of hydrogen-bond acceptors (Lipinski definition) is 4. The van der Waals surface area contributed by atoms with Crippen molar-refractivity contribution in [1.82, 2.24) is 5.32 Å². The number of methoxy groups -OCH3 is 1. The fourth-order valence-electron chi connectivity index (χ4n) is 0.923. The van der Waals surface area contributed by atoms with Gasteiger partial charge in [-0.15, -0.1) is 0 Å². The Hall–Kier alpha value is -0.160. The van der Waals surface area contributed by atoms with Crippen molar-refractivity contribution in [1.29, 1.82) is 0 Å². The fourth-order valence-corrected chi connectivity index (χ4v) is 0.923. The summed E-state index contributed by atoms with van der Waals surface area (Å²) in [6, 6.07) is 0. The van der Waals surface area contributed by atoms with Gasteiger partial charge in [0.1, 0.15) is 0 Å². The largest absolute Gasteiger partial charge is 0.394 e. The smallest absolute Gasteiger partial charge is 0.0633 e. The van der Waals surface area contributed by atoms with Crippen molar-refractivity contribution in [3.8, 4) is 0 Å². The molecule has 0 fully saturated rings. The number of ether oxygens (including phenoxy) is 1. The Balaban J connectivity index is 3.39. The second-order valence-corrected chi connectivity index (χ2v) is 3.50. The first kappa shape index (κ1) is 12.8. The summed E-state index contributed by atoms with van der Waals surface area (Å²) in [5, 5.41) is 21.0. The van der Waals surface area contributed by atoms with E-state index in [0.717, 1.165) is 26.0 Å². The molecule has 13 heavy (non-hydrogen) atoms. The van der Waals surface area contributed by atoms with Crippen molar-refractivity contribution < 1.29 is 14.9 Å². The van der Waals surface area contributed by atoms with Gasteiger partial charge in [-0.2, -0.15) is 0 Å². The summed E-state index contributed by atoms with van der Waals surface area (Å²) in [5.41, 5.74) is -0.549. The number of nitrogens with one attached hydrogen (secondary N) is 1. The minimum atomic E-state index is -0.549. The number of aliphatic hydroxyl groups is 2. The van der Waals surface area contributed by atoms with Crippen molar-refractivity contribution in [3.63, 3.8) is 0 Å². The van der Waals surface area contributed by atoms with Gasteiger partial charge in [0, 0.05) is 13.7 Å². The molecule has 0 aromatic rings. The molecule has 0 spiro atoms. The quantitative estimate of drug-likeness (QED) is 0.463. The zero-order valence-corrected chi connectivity index (χ0v) is 8.55. The Morgan fingerprint density at radius 1 is 1.23 bits per heavy atom. The second kappa shape index (κ2) is 7.26. The van der Waals surface area contributed by atoms with E-state index in [1.165, 1.54) is 0 Å². The number of hydrogen-bond donors (Lipinski definition) is 3. The van der Waals surface area contributed by atoms with Gasteiger partial charge in [-0.3, -0.25) is 0 Å². The van der Waals surface area contributed by atoms with Gasteiger partial charge < -0.3 is 20.3 Å². The zero-order chi connectivity index (χ0) is 10.2. The highest BCUT2D eigenvalue weighted by Crippen LogP contribution is 2.00. The molecule has 0 rings (SSSR count). The number of aliphatic hydroxyl groups excluding tert-OH is 2. The summed E-state index contributed by atoms with van der Waals surface area (Å²) in [6.45, 7) is 3.25. The van der Waals surface area contributed by atoms with Crippen LogP contribution in [0, 0.1) is 0 Å². The second-order valence-electron chi connectivity index (χ2n) is 3.50. The van der Waals surface area contributed by atoms with Crippen LogP contribution in [0.1, 0.15) is 19.8 Å². The minimum absolute atomic E-state index is 0.0478. The highest BCUT2D eigenvalue weighted by Gasteiger charge is 2.20. The standard InChI is InChI=1S/C9H21NO3/c1-9(7-11,8-12)10-5-3-4-6-13-2/h10-12H,3-8H2,1-2H3. The van der Waals surface area contributed by atoms with E-state index in [1.54, 1.807) is 14.0 Å². The molecule has 80 valence electrons. The molecule has 4 heteroatoms. The molecule has 0 aromatic heterocycles. The number of rotatable bonds is 8. The van der Waals surface area contributed by atoms with Gasteiger partial charge in [-0.25, -0.2) is 0 Å².